The Balaban J connectivity index is 3.14. The first-order chi connectivity index (χ1) is 6.91. The first-order valence-electron chi connectivity index (χ1n) is 5.28. The third-order valence-electron chi connectivity index (χ3n) is 2.41. The van der Waals surface area contributed by atoms with Crippen molar-refractivity contribution in [2.75, 3.05) is 0 Å². The summed E-state index contributed by atoms with van der Waals surface area (Å²) in [7, 11) is 0. The van der Waals surface area contributed by atoms with Gasteiger partial charge in [-0.3, -0.25) is 4.79 Å². The van der Waals surface area contributed by atoms with Crippen LogP contribution in [0.1, 0.15) is 51.2 Å². The van der Waals surface area contributed by atoms with Gasteiger partial charge in [0, 0.05) is 6.07 Å². The molecule has 0 bridgehead atoms. The number of hydrogen-bond donors (Lipinski definition) is 2. The van der Waals surface area contributed by atoms with Crippen LogP contribution < -0.4 is 11.3 Å². The number of nitrogens with one attached hydrogen (secondary N) is 1. The van der Waals surface area contributed by atoms with E-state index >= 15 is 0 Å². The molecule has 1 unspecified atom stereocenters. The second-order valence-electron chi connectivity index (χ2n) is 4.48. The molecule has 0 spiro atoms. The molecular weight excluding hydrogens is 190 g/mol. The average molecular weight is 209 g/mol. The minimum absolute atomic E-state index is 0.125. The molecule has 4 nitrogen and oxygen atoms in total. The van der Waals surface area contributed by atoms with E-state index in [0.717, 1.165) is 5.69 Å². The number of nitrogens with zero attached hydrogens (tertiary/aromatic N) is 1. The van der Waals surface area contributed by atoms with Crippen molar-refractivity contribution in [1.82, 2.24) is 9.97 Å². The maximum absolute atomic E-state index is 11.4. The van der Waals surface area contributed by atoms with Crippen LogP contribution in [-0.2, 0) is 0 Å². The van der Waals surface area contributed by atoms with E-state index in [4.69, 9.17) is 5.73 Å². The van der Waals surface area contributed by atoms with Crippen LogP contribution in [0.5, 0.6) is 0 Å². The highest BCUT2D eigenvalue weighted by molar-refractivity contribution is 5.09. The number of nitrogens with two attached hydrogens (primary N) is 1. The standard InChI is InChI=1S/C11H19N3O/c1-6(2)8-5-9(15)14-11(13-8)10(12)7(3)4/h5-7,10H,12H2,1-4H3,(H,13,14,15). The van der Waals surface area contributed by atoms with Gasteiger partial charge in [-0.2, -0.15) is 0 Å². The Morgan fingerprint density at radius 1 is 1.33 bits per heavy atom. The van der Waals surface area contributed by atoms with E-state index in [0.29, 0.717) is 5.82 Å². The summed E-state index contributed by atoms with van der Waals surface area (Å²) in [5, 5.41) is 0. The monoisotopic (exact) mass is 209 g/mol. The Bertz CT molecular complexity index is 382. The molecule has 1 aromatic rings. The number of H-pyrrole nitrogens is 1. The normalized spacial score (nSPS) is 13.5. The summed E-state index contributed by atoms with van der Waals surface area (Å²) in [5.74, 6) is 1.09. The molecule has 0 saturated heterocycles. The van der Waals surface area contributed by atoms with E-state index in [-0.39, 0.29) is 23.4 Å². The van der Waals surface area contributed by atoms with Crippen LogP contribution >= 0.6 is 0 Å². The molecule has 0 saturated carbocycles. The fourth-order valence-electron chi connectivity index (χ4n) is 1.27. The molecule has 3 N–H and O–H groups in total. The molecular formula is C11H19N3O. The highest BCUT2D eigenvalue weighted by atomic mass is 16.1. The van der Waals surface area contributed by atoms with Gasteiger partial charge in [0.2, 0.25) is 0 Å². The highest BCUT2D eigenvalue weighted by Crippen LogP contribution is 2.16. The van der Waals surface area contributed by atoms with Gasteiger partial charge in [0.25, 0.3) is 5.56 Å². The molecule has 0 aliphatic carbocycles. The van der Waals surface area contributed by atoms with Crippen molar-refractivity contribution in [3.8, 4) is 0 Å². The summed E-state index contributed by atoms with van der Waals surface area (Å²) < 4.78 is 0. The summed E-state index contributed by atoms with van der Waals surface area (Å²) in [6, 6.07) is 1.32. The summed E-state index contributed by atoms with van der Waals surface area (Å²) in [5.41, 5.74) is 6.61. The van der Waals surface area contributed by atoms with E-state index in [1.807, 2.05) is 27.7 Å². The smallest absolute Gasteiger partial charge is 0.251 e. The lowest BCUT2D eigenvalue weighted by Gasteiger charge is -2.15. The minimum atomic E-state index is -0.212. The fraction of sp³-hybridized carbons (Fsp3) is 0.636. The van der Waals surface area contributed by atoms with Crippen molar-refractivity contribution in [3.05, 3.63) is 27.9 Å². The van der Waals surface area contributed by atoms with E-state index in [1.54, 1.807) is 0 Å². The topological polar surface area (TPSA) is 71.8 Å². The van der Waals surface area contributed by atoms with Crippen molar-refractivity contribution in [2.24, 2.45) is 11.7 Å². The lowest BCUT2D eigenvalue weighted by molar-refractivity contribution is 0.486. The molecule has 0 aromatic carbocycles. The molecule has 0 aliphatic heterocycles. The Morgan fingerprint density at radius 2 is 1.93 bits per heavy atom. The summed E-state index contributed by atoms with van der Waals surface area (Å²) >= 11 is 0. The number of hydrogen-bond acceptors (Lipinski definition) is 3. The Hall–Kier alpha value is -1.16. The molecule has 1 heterocycles. The van der Waals surface area contributed by atoms with Gasteiger partial charge in [-0.15, -0.1) is 0 Å². The Labute approximate surface area is 89.9 Å². The summed E-state index contributed by atoms with van der Waals surface area (Å²) in [4.78, 5) is 18.5. The van der Waals surface area contributed by atoms with Gasteiger partial charge in [0.1, 0.15) is 5.82 Å². The molecule has 0 aliphatic rings. The van der Waals surface area contributed by atoms with Gasteiger partial charge in [-0.05, 0) is 11.8 Å². The lowest BCUT2D eigenvalue weighted by atomic mass is 10.0. The number of aromatic amines is 1. The molecule has 1 rings (SSSR count). The molecule has 0 radical (unpaired) electrons. The van der Waals surface area contributed by atoms with E-state index in [2.05, 4.69) is 9.97 Å². The molecule has 4 heteroatoms. The van der Waals surface area contributed by atoms with E-state index in [9.17, 15) is 4.79 Å². The zero-order chi connectivity index (χ0) is 11.6. The highest BCUT2D eigenvalue weighted by Gasteiger charge is 2.14. The molecule has 84 valence electrons. The predicted octanol–water partition coefficient (Wildman–Crippen LogP) is 1.55. The second-order valence-corrected chi connectivity index (χ2v) is 4.48. The fourth-order valence-corrected chi connectivity index (χ4v) is 1.27. The quantitative estimate of drug-likeness (QED) is 0.793. The number of aromatic nitrogens is 2. The molecule has 15 heavy (non-hydrogen) atoms. The van der Waals surface area contributed by atoms with Gasteiger partial charge in [-0.25, -0.2) is 4.98 Å². The van der Waals surface area contributed by atoms with Crippen LogP contribution in [0.4, 0.5) is 0 Å². The number of rotatable bonds is 3. The van der Waals surface area contributed by atoms with Crippen molar-refractivity contribution in [1.29, 1.82) is 0 Å². The first-order valence-corrected chi connectivity index (χ1v) is 5.28. The second kappa shape index (κ2) is 4.57. The summed E-state index contributed by atoms with van der Waals surface area (Å²) in [6.45, 7) is 8.03. The van der Waals surface area contributed by atoms with Crippen molar-refractivity contribution < 1.29 is 0 Å². The SMILES string of the molecule is CC(C)c1cc(=O)[nH]c(C(N)C(C)C)n1. The zero-order valence-corrected chi connectivity index (χ0v) is 9.74. The van der Waals surface area contributed by atoms with Gasteiger partial charge in [0.05, 0.1) is 11.7 Å². The molecule has 1 aromatic heterocycles. The van der Waals surface area contributed by atoms with E-state index in [1.165, 1.54) is 6.07 Å². The maximum atomic E-state index is 11.4. The van der Waals surface area contributed by atoms with Gasteiger partial charge >= 0.3 is 0 Å². The third-order valence-corrected chi connectivity index (χ3v) is 2.41. The third kappa shape index (κ3) is 2.89. The Morgan fingerprint density at radius 3 is 2.40 bits per heavy atom. The van der Waals surface area contributed by atoms with Crippen molar-refractivity contribution >= 4 is 0 Å². The minimum Gasteiger partial charge on any atom is -0.321 e. The van der Waals surface area contributed by atoms with Crippen molar-refractivity contribution in [3.63, 3.8) is 0 Å². The van der Waals surface area contributed by atoms with Gasteiger partial charge in [0.15, 0.2) is 0 Å². The van der Waals surface area contributed by atoms with Crippen LogP contribution in [0.15, 0.2) is 10.9 Å². The van der Waals surface area contributed by atoms with Crippen LogP contribution in [0.3, 0.4) is 0 Å². The van der Waals surface area contributed by atoms with E-state index < -0.39 is 0 Å². The largest absolute Gasteiger partial charge is 0.321 e. The predicted molar refractivity (Wildman–Crippen MR) is 60.7 cm³/mol. The molecule has 1 atom stereocenters. The van der Waals surface area contributed by atoms with Crippen LogP contribution in [0.2, 0.25) is 0 Å². The zero-order valence-electron chi connectivity index (χ0n) is 9.74. The average Bonchev–Trinajstić information content (AvgIpc) is 2.15. The lowest BCUT2D eigenvalue weighted by Crippen LogP contribution is -2.24. The summed E-state index contributed by atoms with van der Waals surface area (Å²) in [6.07, 6.45) is 0. The van der Waals surface area contributed by atoms with Gasteiger partial charge < -0.3 is 10.7 Å². The first kappa shape index (κ1) is 11.9. The van der Waals surface area contributed by atoms with Gasteiger partial charge in [-0.1, -0.05) is 27.7 Å². The molecule has 0 fully saturated rings. The molecule has 0 amide bonds. The van der Waals surface area contributed by atoms with Crippen LogP contribution in [-0.4, -0.2) is 9.97 Å². The van der Waals surface area contributed by atoms with Crippen LogP contribution in [0, 0.1) is 5.92 Å². The maximum Gasteiger partial charge on any atom is 0.251 e. The van der Waals surface area contributed by atoms with Crippen LogP contribution in [0.25, 0.3) is 0 Å². The Kier molecular flexibility index (Phi) is 3.63. The van der Waals surface area contributed by atoms with Crippen molar-refractivity contribution in [2.45, 2.75) is 39.7 Å².